The van der Waals surface area contributed by atoms with Crippen molar-refractivity contribution in [3.63, 3.8) is 0 Å². The fraction of sp³-hybridized carbons (Fsp3) is 0.600. The van der Waals surface area contributed by atoms with Crippen LogP contribution < -0.4 is 10.6 Å². The zero-order valence-electron chi connectivity index (χ0n) is 11.9. The van der Waals surface area contributed by atoms with Crippen molar-refractivity contribution in [1.82, 2.24) is 10.3 Å². The van der Waals surface area contributed by atoms with Crippen molar-refractivity contribution in [2.24, 2.45) is 5.92 Å². The van der Waals surface area contributed by atoms with Crippen LogP contribution in [0, 0.1) is 11.7 Å². The fourth-order valence-electron chi connectivity index (χ4n) is 2.69. The Labute approximate surface area is 119 Å². The highest BCUT2D eigenvalue weighted by atomic mass is 19.1. The van der Waals surface area contributed by atoms with Crippen molar-refractivity contribution in [1.29, 1.82) is 0 Å². The summed E-state index contributed by atoms with van der Waals surface area (Å²) in [6.45, 7) is 3.04. The largest absolute Gasteiger partial charge is 0.368 e. The first-order valence-electron chi connectivity index (χ1n) is 7.39. The molecule has 2 N–H and O–H groups in total. The predicted molar refractivity (Wildman–Crippen MR) is 77.3 cm³/mol. The van der Waals surface area contributed by atoms with Crippen LogP contribution in [0.25, 0.3) is 0 Å². The first-order valence-corrected chi connectivity index (χ1v) is 7.39. The summed E-state index contributed by atoms with van der Waals surface area (Å²) >= 11 is 0. The number of hydrogen-bond donors (Lipinski definition) is 2. The predicted octanol–water partition coefficient (Wildman–Crippen LogP) is 2.96. The lowest BCUT2D eigenvalue weighted by atomic mass is 10.0. The highest BCUT2D eigenvalue weighted by molar-refractivity contribution is 5.95. The van der Waals surface area contributed by atoms with E-state index < -0.39 is 5.82 Å². The lowest BCUT2D eigenvalue weighted by Crippen LogP contribution is -2.27. The van der Waals surface area contributed by atoms with Gasteiger partial charge in [0, 0.05) is 19.3 Å². The maximum Gasteiger partial charge on any atom is 0.254 e. The van der Waals surface area contributed by atoms with E-state index in [1.165, 1.54) is 37.9 Å². The minimum atomic E-state index is -0.576. The summed E-state index contributed by atoms with van der Waals surface area (Å²) in [7, 11) is 0. The molecule has 1 saturated carbocycles. The summed E-state index contributed by atoms with van der Waals surface area (Å²) in [4.78, 5) is 15.9. The van der Waals surface area contributed by atoms with Gasteiger partial charge < -0.3 is 10.6 Å². The summed E-state index contributed by atoms with van der Waals surface area (Å²) in [5.41, 5.74) is 0.0578. The number of aromatic nitrogens is 1. The Hall–Kier alpha value is -1.65. The van der Waals surface area contributed by atoms with Gasteiger partial charge in [-0.25, -0.2) is 9.37 Å². The van der Waals surface area contributed by atoms with Crippen molar-refractivity contribution < 1.29 is 9.18 Å². The van der Waals surface area contributed by atoms with Crippen LogP contribution >= 0.6 is 0 Å². The number of amides is 1. The van der Waals surface area contributed by atoms with E-state index in [0.717, 1.165) is 12.3 Å². The average molecular weight is 279 g/mol. The SMILES string of the molecule is CCNc1nccc(C(=O)NCCC2CCCC2)c1F. The third-order valence-corrected chi connectivity index (χ3v) is 3.79. The summed E-state index contributed by atoms with van der Waals surface area (Å²) < 4.78 is 14.1. The van der Waals surface area contributed by atoms with E-state index in [1.54, 1.807) is 0 Å². The monoisotopic (exact) mass is 279 g/mol. The number of anilines is 1. The third-order valence-electron chi connectivity index (χ3n) is 3.79. The molecule has 0 unspecified atom stereocenters. The summed E-state index contributed by atoms with van der Waals surface area (Å²) in [5, 5.41) is 5.61. The van der Waals surface area contributed by atoms with E-state index in [-0.39, 0.29) is 17.3 Å². The van der Waals surface area contributed by atoms with E-state index in [4.69, 9.17) is 0 Å². The molecule has 1 aliphatic rings. The molecule has 1 heterocycles. The maximum atomic E-state index is 14.1. The minimum Gasteiger partial charge on any atom is -0.368 e. The van der Waals surface area contributed by atoms with Gasteiger partial charge in [-0.3, -0.25) is 4.79 Å². The molecule has 4 nitrogen and oxygen atoms in total. The Balaban J connectivity index is 1.89. The van der Waals surface area contributed by atoms with Crippen LogP contribution in [0.2, 0.25) is 0 Å². The van der Waals surface area contributed by atoms with E-state index in [0.29, 0.717) is 13.1 Å². The summed E-state index contributed by atoms with van der Waals surface area (Å²) in [6.07, 6.45) is 7.53. The van der Waals surface area contributed by atoms with Gasteiger partial charge >= 0.3 is 0 Å². The van der Waals surface area contributed by atoms with E-state index in [1.807, 2.05) is 6.92 Å². The van der Waals surface area contributed by atoms with Crippen molar-refractivity contribution in [3.05, 3.63) is 23.6 Å². The van der Waals surface area contributed by atoms with Crippen LogP contribution in [0.1, 0.15) is 49.4 Å². The van der Waals surface area contributed by atoms with Gasteiger partial charge in [0.2, 0.25) is 0 Å². The first kappa shape index (κ1) is 14.8. The molecule has 1 amide bonds. The second-order valence-electron chi connectivity index (χ2n) is 5.25. The maximum absolute atomic E-state index is 14.1. The number of pyridine rings is 1. The smallest absolute Gasteiger partial charge is 0.254 e. The van der Waals surface area contributed by atoms with Crippen LogP contribution in [-0.2, 0) is 0 Å². The molecule has 0 atom stereocenters. The number of carbonyl (C=O) groups excluding carboxylic acids is 1. The molecule has 110 valence electrons. The van der Waals surface area contributed by atoms with Crippen molar-refractivity contribution in [2.45, 2.75) is 39.0 Å². The molecule has 0 saturated heterocycles. The second-order valence-corrected chi connectivity index (χ2v) is 5.25. The minimum absolute atomic E-state index is 0.0578. The Bertz CT molecular complexity index is 458. The lowest BCUT2D eigenvalue weighted by molar-refractivity contribution is 0.0947. The van der Waals surface area contributed by atoms with Crippen LogP contribution in [0.4, 0.5) is 10.2 Å². The van der Waals surface area contributed by atoms with Crippen LogP contribution in [0.3, 0.4) is 0 Å². The first-order chi connectivity index (χ1) is 9.72. The molecule has 5 heteroatoms. The second kappa shape index (κ2) is 7.22. The number of nitrogens with zero attached hydrogens (tertiary/aromatic N) is 1. The number of carbonyl (C=O) groups is 1. The Morgan fingerprint density at radius 1 is 1.45 bits per heavy atom. The average Bonchev–Trinajstić information content (AvgIpc) is 2.94. The van der Waals surface area contributed by atoms with Gasteiger partial charge in [0.1, 0.15) is 0 Å². The number of nitrogens with one attached hydrogen (secondary N) is 2. The van der Waals surface area contributed by atoms with Gasteiger partial charge in [-0.15, -0.1) is 0 Å². The quantitative estimate of drug-likeness (QED) is 0.841. The van der Waals surface area contributed by atoms with Crippen LogP contribution in [0.5, 0.6) is 0 Å². The highest BCUT2D eigenvalue weighted by Crippen LogP contribution is 2.26. The lowest BCUT2D eigenvalue weighted by Gasteiger charge is -2.11. The molecule has 0 radical (unpaired) electrons. The van der Waals surface area contributed by atoms with Gasteiger partial charge in [0.15, 0.2) is 11.6 Å². The normalized spacial score (nSPS) is 15.3. The standard InChI is InChI=1S/C15H22FN3O/c1-2-17-14-13(16)12(8-10-18-14)15(20)19-9-7-11-5-3-4-6-11/h8,10-11H,2-7,9H2,1H3,(H,17,18)(H,19,20). The van der Waals surface area contributed by atoms with E-state index in [2.05, 4.69) is 15.6 Å². The number of halogens is 1. The molecule has 1 aliphatic carbocycles. The van der Waals surface area contributed by atoms with Gasteiger partial charge in [-0.2, -0.15) is 0 Å². The Morgan fingerprint density at radius 2 is 2.20 bits per heavy atom. The van der Waals surface area contributed by atoms with Gasteiger partial charge in [-0.1, -0.05) is 25.7 Å². The number of rotatable bonds is 6. The molecular weight excluding hydrogens is 257 g/mol. The molecule has 0 bridgehead atoms. The molecule has 1 aromatic rings. The number of hydrogen-bond acceptors (Lipinski definition) is 3. The van der Waals surface area contributed by atoms with Gasteiger partial charge in [-0.05, 0) is 25.3 Å². The molecule has 1 fully saturated rings. The van der Waals surface area contributed by atoms with Crippen molar-refractivity contribution in [2.75, 3.05) is 18.4 Å². The molecule has 0 spiro atoms. The Morgan fingerprint density at radius 3 is 2.90 bits per heavy atom. The zero-order valence-corrected chi connectivity index (χ0v) is 11.9. The van der Waals surface area contributed by atoms with Gasteiger partial charge in [0.05, 0.1) is 5.56 Å². The van der Waals surface area contributed by atoms with Crippen LogP contribution in [-0.4, -0.2) is 24.0 Å². The molecule has 0 aliphatic heterocycles. The highest BCUT2D eigenvalue weighted by Gasteiger charge is 2.17. The molecule has 2 rings (SSSR count). The fourth-order valence-corrected chi connectivity index (χ4v) is 2.69. The van der Waals surface area contributed by atoms with Crippen LogP contribution in [0.15, 0.2) is 12.3 Å². The Kier molecular flexibility index (Phi) is 5.32. The topological polar surface area (TPSA) is 54.0 Å². The van der Waals surface area contributed by atoms with E-state index in [9.17, 15) is 9.18 Å². The summed E-state index contributed by atoms with van der Waals surface area (Å²) in [5.74, 6) is -0.0828. The van der Waals surface area contributed by atoms with Crippen molar-refractivity contribution in [3.8, 4) is 0 Å². The third kappa shape index (κ3) is 3.68. The van der Waals surface area contributed by atoms with E-state index >= 15 is 0 Å². The molecular formula is C15H22FN3O. The molecule has 1 aromatic heterocycles. The molecule has 0 aromatic carbocycles. The summed E-state index contributed by atoms with van der Waals surface area (Å²) in [6, 6.07) is 1.42. The zero-order chi connectivity index (χ0) is 14.4. The van der Waals surface area contributed by atoms with Gasteiger partial charge in [0.25, 0.3) is 5.91 Å². The molecule has 20 heavy (non-hydrogen) atoms. The van der Waals surface area contributed by atoms with Crippen molar-refractivity contribution >= 4 is 11.7 Å².